The van der Waals surface area contributed by atoms with Crippen molar-refractivity contribution in [3.8, 4) is 11.5 Å². The summed E-state index contributed by atoms with van der Waals surface area (Å²) in [5.74, 6) is -1.80. The molecule has 2 heterocycles. The van der Waals surface area contributed by atoms with Crippen LogP contribution in [-0.2, 0) is 18.8 Å². The molecule has 1 amide bonds. The molecule has 0 radical (unpaired) electrons. The Morgan fingerprint density at radius 1 is 1.03 bits per heavy atom. The molecular weight excluding hydrogens is 473 g/mol. The Bertz CT molecular complexity index is 1050. The maximum atomic E-state index is 13.0. The van der Waals surface area contributed by atoms with Crippen LogP contribution in [0.2, 0.25) is 0 Å². The number of fused-ring (bicyclic) bond motifs is 1. The topological polar surface area (TPSA) is 115 Å². The van der Waals surface area contributed by atoms with Gasteiger partial charge in [0, 0.05) is 5.92 Å². The van der Waals surface area contributed by atoms with Gasteiger partial charge in [0.15, 0.2) is 23.0 Å². The number of aliphatic hydroxyl groups excluding tert-OH is 1. The van der Waals surface area contributed by atoms with Gasteiger partial charge in [-0.2, -0.15) is 0 Å². The lowest BCUT2D eigenvalue weighted by Crippen LogP contribution is -2.63. The third kappa shape index (κ3) is 4.98. The van der Waals surface area contributed by atoms with Crippen molar-refractivity contribution < 1.29 is 37.9 Å². The minimum atomic E-state index is -4.16. The summed E-state index contributed by atoms with van der Waals surface area (Å²) < 4.78 is 22.9. The molecule has 2 N–H and O–H groups in total. The summed E-state index contributed by atoms with van der Waals surface area (Å²) in [6, 6.07) is 16.5. The van der Waals surface area contributed by atoms with Crippen molar-refractivity contribution in [2.45, 2.75) is 39.3 Å². The predicted molar refractivity (Wildman–Crippen MR) is 128 cm³/mol. The zero-order valence-corrected chi connectivity index (χ0v) is 20.6. The van der Waals surface area contributed by atoms with Crippen molar-refractivity contribution in [3.63, 3.8) is 0 Å². The van der Waals surface area contributed by atoms with Crippen LogP contribution >= 0.6 is 8.17 Å². The standard InChI is InChI=1S/C25H29NO8P/c1-4-15-31-25(29)22-23(16(2)21-20(17(3)27)24(28)26(21)22)34-35(30,32-18-11-7-5-8-12-18)33-19-13-9-6-10-14-19/h5-14,16-17,20-21,27,30H,4,15H2,1-3H3/q+1/t16-,17-,20-,21-/m1/s1. The average molecular weight is 502 g/mol. The summed E-state index contributed by atoms with van der Waals surface area (Å²) in [5, 5.41) is 10.2. The Balaban J connectivity index is 1.72. The van der Waals surface area contributed by atoms with E-state index in [9.17, 15) is 19.6 Å². The normalized spacial score (nSPS) is 22.3. The van der Waals surface area contributed by atoms with Crippen molar-refractivity contribution in [2.24, 2.45) is 11.8 Å². The molecule has 2 aromatic rings. The second-order valence-electron chi connectivity index (χ2n) is 8.47. The van der Waals surface area contributed by atoms with Gasteiger partial charge in [-0.1, -0.05) is 50.2 Å². The number of benzene rings is 2. The molecule has 1 fully saturated rings. The molecule has 2 aliphatic heterocycles. The lowest BCUT2D eigenvalue weighted by atomic mass is 9.79. The summed E-state index contributed by atoms with van der Waals surface area (Å²) in [6.07, 6.45) is -0.336. The monoisotopic (exact) mass is 502 g/mol. The zero-order chi connectivity index (χ0) is 25.2. The molecule has 4 atom stereocenters. The van der Waals surface area contributed by atoms with Crippen molar-refractivity contribution in [2.75, 3.05) is 6.61 Å². The molecule has 0 spiro atoms. The highest BCUT2D eigenvalue weighted by Crippen LogP contribution is 2.62. The maximum Gasteiger partial charge on any atom is 0.714 e. The van der Waals surface area contributed by atoms with Crippen LogP contribution in [0.3, 0.4) is 0 Å². The maximum absolute atomic E-state index is 13.0. The fourth-order valence-electron chi connectivity index (χ4n) is 4.30. The van der Waals surface area contributed by atoms with E-state index in [-0.39, 0.29) is 18.1 Å². The van der Waals surface area contributed by atoms with Gasteiger partial charge in [-0.3, -0.25) is 9.69 Å². The van der Waals surface area contributed by atoms with Gasteiger partial charge in [0.05, 0.1) is 24.7 Å². The van der Waals surface area contributed by atoms with E-state index in [0.29, 0.717) is 17.9 Å². The molecule has 0 aromatic heterocycles. The highest BCUT2D eigenvalue weighted by atomic mass is 31.2. The number of ether oxygens (including phenoxy) is 1. The number of β-lactam (4-membered cyclic amide) rings is 1. The minimum absolute atomic E-state index is 0.0234. The summed E-state index contributed by atoms with van der Waals surface area (Å²) in [7, 11) is -4.16. The fourth-order valence-corrected chi connectivity index (χ4v) is 5.69. The smallest absolute Gasteiger partial charge is 0.461 e. The predicted octanol–water partition coefficient (Wildman–Crippen LogP) is 3.85. The lowest BCUT2D eigenvalue weighted by molar-refractivity contribution is -0.164. The third-order valence-electron chi connectivity index (χ3n) is 5.88. The Kier molecular flexibility index (Phi) is 7.31. The van der Waals surface area contributed by atoms with Gasteiger partial charge in [0.25, 0.3) is 0 Å². The molecule has 186 valence electrons. The number of amides is 1. The Hall–Kier alpha value is -3.13. The second kappa shape index (κ2) is 10.2. The Morgan fingerprint density at radius 3 is 2.06 bits per heavy atom. The number of carbonyl (C=O) groups excluding carboxylic acids is 2. The van der Waals surface area contributed by atoms with Crippen LogP contribution in [-0.4, -0.2) is 45.5 Å². The van der Waals surface area contributed by atoms with E-state index in [1.165, 1.54) is 11.8 Å². The molecule has 4 rings (SSSR count). The van der Waals surface area contributed by atoms with E-state index in [0.717, 1.165) is 0 Å². The number of esters is 1. The molecule has 9 nitrogen and oxygen atoms in total. The first-order chi connectivity index (χ1) is 16.8. The van der Waals surface area contributed by atoms with Gasteiger partial charge >= 0.3 is 14.1 Å². The summed E-state index contributed by atoms with van der Waals surface area (Å²) >= 11 is 0. The average Bonchev–Trinajstić information content (AvgIpc) is 3.06. The molecule has 10 heteroatoms. The van der Waals surface area contributed by atoms with E-state index >= 15 is 0 Å². The largest absolute Gasteiger partial charge is 0.714 e. The molecular formula is C25H29NO8P+. The number of rotatable bonds is 10. The lowest BCUT2D eigenvalue weighted by Gasteiger charge is -2.46. The van der Waals surface area contributed by atoms with Gasteiger partial charge < -0.3 is 9.84 Å². The highest BCUT2D eigenvalue weighted by Gasteiger charge is 2.64. The van der Waals surface area contributed by atoms with Crippen LogP contribution in [0.25, 0.3) is 0 Å². The third-order valence-corrected chi connectivity index (χ3v) is 7.19. The minimum Gasteiger partial charge on any atom is -0.461 e. The number of carbonyl (C=O) groups is 2. The molecule has 0 saturated carbocycles. The number of nitrogens with zero attached hydrogens (tertiary/aromatic N) is 1. The first-order valence-corrected chi connectivity index (χ1v) is 13.0. The summed E-state index contributed by atoms with van der Waals surface area (Å²) in [4.78, 5) is 38.7. The molecule has 1 saturated heterocycles. The Morgan fingerprint density at radius 2 is 1.57 bits per heavy atom. The van der Waals surface area contributed by atoms with Crippen LogP contribution in [0.5, 0.6) is 11.5 Å². The Labute approximate surface area is 204 Å². The number of hydrogen-bond acceptors (Lipinski definition) is 8. The van der Waals surface area contributed by atoms with Crippen LogP contribution in [0, 0.1) is 11.8 Å². The molecule has 2 aliphatic rings. The SMILES string of the molecule is CCCOC(=O)C1=C(O[P+](O)(Oc2ccccc2)Oc2ccccc2)[C@H](C)[C@@H]2[C@@H]([C@@H](C)O)C(=O)N12. The molecule has 0 unspecified atom stereocenters. The van der Waals surface area contributed by atoms with Crippen molar-refractivity contribution >= 4 is 20.0 Å². The second-order valence-corrected chi connectivity index (χ2v) is 9.96. The van der Waals surface area contributed by atoms with E-state index in [1.807, 2.05) is 6.92 Å². The first-order valence-electron chi connectivity index (χ1n) is 11.5. The van der Waals surface area contributed by atoms with E-state index in [4.69, 9.17) is 18.3 Å². The van der Waals surface area contributed by atoms with Crippen LogP contribution in [0.1, 0.15) is 27.2 Å². The zero-order valence-electron chi connectivity index (χ0n) is 19.7. The van der Waals surface area contributed by atoms with Crippen LogP contribution in [0.4, 0.5) is 0 Å². The van der Waals surface area contributed by atoms with Crippen molar-refractivity contribution in [1.29, 1.82) is 0 Å². The fraction of sp³-hybridized carbons (Fsp3) is 0.360. The van der Waals surface area contributed by atoms with Crippen molar-refractivity contribution in [1.82, 2.24) is 4.90 Å². The quantitative estimate of drug-likeness (QED) is 0.286. The van der Waals surface area contributed by atoms with Crippen LogP contribution in [0.15, 0.2) is 72.1 Å². The molecule has 2 aromatic carbocycles. The first kappa shape index (κ1) is 25.0. The summed E-state index contributed by atoms with van der Waals surface area (Å²) in [6.45, 7) is 5.28. The molecule has 0 bridgehead atoms. The summed E-state index contributed by atoms with van der Waals surface area (Å²) in [5.41, 5.74) is -0.107. The van der Waals surface area contributed by atoms with E-state index < -0.39 is 44.0 Å². The van der Waals surface area contributed by atoms with E-state index in [1.54, 1.807) is 67.6 Å². The van der Waals surface area contributed by atoms with Gasteiger partial charge in [-0.25, -0.2) is 18.4 Å². The highest BCUT2D eigenvalue weighted by molar-refractivity contribution is 7.56. The van der Waals surface area contributed by atoms with Gasteiger partial charge in [-0.05, 0) is 37.6 Å². The van der Waals surface area contributed by atoms with Gasteiger partial charge in [-0.15, -0.1) is 4.89 Å². The number of para-hydroxylation sites is 2. The number of hydrogen-bond donors (Lipinski definition) is 2. The molecule has 0 aliphatic carbocycles. The van der Waals surface area contributed by atoms with E-state index in [2.05, 4.69) is 0 Å². The number of aliphatic hydroxyl groups is 1. The van der Waals surface area contributed by atoms with Crippen molar-refractivity contribution in [3.05, 3.63) is 72.1 Å². The van der Waals surface area contributed by atoms with Crippen LogP contribution < -0.4 is 9.05 Å². The van der Waals surface area contributed by atoms with Gasteiger partial charge in [0.1, 0.15) is 0 Å². The molecule has 35 heavy (non-hydrogen) atoms. The van der Waals surface area contributed by atoms with Gasteiger partial charge in [0.2, 0.25) is 5.91 Å².